The number of rotatable bonds is 10. The van der Waals surface area contributed by atoms with Crippen molar-refractivity contribution in [1.29, 1.82) is 0 Å². The van der Waals surface area contributed by atoms with Gasteiger partial charge in [-0.3, -0.25) is 14.4 Å². The first-order chi connectivity index (χ1) is 11.3. The highest BCUT2D eigenvalue weighted by Gasteiger charge is 2.33. The molecule has 1 rings (SSSR count). The molecule has 0 saturated carbocycles. The number of nitrogens with two attached hydrogens (primary N) is 1. The number of aliphatic hydroxyl groups is 1. The van der Waals surface area contributed by atoms with Crippen molar-refractivity contribution in [3.05, 3.63) is 0 Å². The van der Waals surface area contributed by atoms with Crippen molar-refractivity contribution in [2.75, 3.05) is 13.1 Å². The Kier molecular flexibility index (Phi) is 8.52. The van der Waals surface area contributed by atoms with Gasteiger partial charge in [0.2, 0.25) is 5.91 Å². The molecule has 24 heavy (non-hydrogen) atoms. The smallest absolute Gasteiger partial charge is 0.226 e. The summed E-state index contributed by atoms with van der Waals surface area (Å²) in [6, 6.07) is -0.917. The summed E-state index contributed by atoms with van der Waals surface area (Å²) in [7, 11) is 0. The third-order valence-corrected chi connectivity index (χ3v) is 4.47. The minimum absolute atomic E-state index is 0.0353. The summed E-state index contributed by atoms with van der Waals surface area (Å²) in [6.45, 7) is 6.08. The molecule has 1 amide bonds. The SMILES string of the molecule is CC(C)C(=O)[C@H](CCN)NC(=O)[C@@H](CC(=O)[C@@H]1CCCN1)C(C)O. The van der Waals surface area contributed by atoms with E-state index in [4.69, 9.17) is 5.73 Å². The molecule has 5 N–H and O–H groups in total. The zero-order valence-corrected chi connectivity index (χ0v) is 14.9. The third-order valence-electron chi connectivity index (χ3n) is 4.47. The molecule has 1 fully saturated rings. The van der Waals surface area contributed by atoms with Gasteiger partial charge in [0.15, 0.2) is 11.6 Å². The zero-order valence-electron chi connectivity index (χ0n) is 14.9. The molecule has 0 spiro atoms. The number of carbonyl (C=O) groups excluding carboxylic acids is 3. The standard InChI is InChI=1S/C17H31N3O4/c1-10(2)16(23)14(6-7-18)20-17(24)12(11(3)21)9-15(22)13-5-4-8-19-13/h10-14,19,21H,4-9,18H2,1-3H3,(H,20,24)/t11?,12-,13-,14-/m0/s1. The lowest BCUT2D eigenvalue weighted by molar-refractivity contribution is -0.136. The number of ketones is 2. The van der Waals surface area contributed by atoms with E-state index in [0.717, 1.165) is 19.4 Å². The first kappa shape index (κ1) is 20.7. The van der Waals surface area contributed by atoms with E-state index in [1.54, 1.807) is 13.8 Å². The molecule has 1 saturated heterocycles. The van der Waals surface area contributed by atoms with E-state index in [1.165, 1.54) is 6.92 Å². The Hall–Kier alpha value is -1.31. The molecule has 0 aliphatic carbocycles. The number of hydrogen-bond donors (Lipinski definition) is 4. The van der Waals surface area contributed by atoms with Crippen LogP contribution in [0.2, 0.25) is 0 Å². The molecule has 0 aromatic rings. The number of Topliss-reactive ketones (excluding diaryl/α,β-unsaturated/α-hetero) is 2. The predicted octanol–water partition coefficient (Wildman–Crippen LogP) is -0.247. The van der Waals surface area contributed by atoms with Gasteiger partial charge in [-0.25, -0.2) is 0 Å². The van der Waals surface area contributed by atoms with Crippen LogP contribution in [0.5, 0.6) is 0 Å². The van der Waals surface area contributed by atoms with Crippen LogP contribution in [0, 0.1) is 11.8 Å². The van der Waals surface area contributed by atoms with Crippen LogP contribution < -0.4 is 16.4 Å². The number of amides is 1. The third kappa shape index (κ3) is 5.96. The predicted molar refractivity (Wildman–Crippen MR) is 91.3 cm³/mol. The second kappa shape index (κ2) is 9.86. The van der Waals surface area contributed by atoms with E-state index in [0.29, 0.717) is 6.42 Å². The fraction of sp³-hybridized carbons (Fsp3) is 0.824. The summed E-state index contributed by atoms with van der Waals surface area (Å²) in [5, 5.41) is 15.7. The maximum Gasteiger partial charge on any atom is 0.226 e. The average Bonchev–Trinajstić information content (AvgIpc) is 3.05. The van der Waals surface area contributed by atoms with Crippen molar-refractivity contribution in [2.45, 2.75) is 64.6 Å². The molecule has 0 radical (unpaired) electrons. The molecule has 7 nitrogen and oxygen atoms in total. The maximum absolute atomic E-state index is 12.5. The minimum Gasteiger partial charge on any atom is -0.393 e. The van der Waals surface area contributed by atoms with Gasteiger partial charge in [0.1, 0.15) is 0 Å². The van der Waals surface area contributed by atoms with E-state index < -0.39 is 24.0 Å². The molecular weight excluding hydrogens is 310 g/mol. The van der Waals surface area contributed by atoms with Crippen LogP contribution in [0.1, 0.15) is 46.5 Å². The van der Waals surface area contributed by atoms with E-state index in [-0.39, 0.29) is 36.5 Å². The van der Waals surface area contributed by atoms with Crippen molar-refractivity contribution in [3.63, 3.8) is 0 Å². The van der Waals surface area contributed by atoms with Gasteiger partial charge in [-0.1, -0.05) is 13.8 Å². The number of aliphatic hydroxyl groups excluding tert-OH is 1. The lowest BCUT2D eigenvalue weighted by Gasteiger charge is -2.24. The fourth-order valence-corrected chi connectivity index (χ4v) is 2.93. The normalized spacial score (nSPS) is 21.3. The molecule has 1 heterocycles. The first-order valence-corrected chi connectivity index (χ1v) is 8.76. The van der Waals surface area contributed by atoms with Crippen LogP contribution in [-0.2, 0) is 14.4 Å². The molecule has 138 valence electrons. The molecular formula is C17H31N3O4. The molecule has 0 bridgehead atoms. The highest BCUT2D eigenvalue weighted by Crippen LogP contribution is 2.16. The van der Waals surface area contributed by atoms with Crippen molar-refractivity contribution in [3.8, 4) is 0 Å². The molecule has 0 aromatic heterocycles. The summed E-state index contributed by atoms with van der Waals surface area (Å²) in [5.74, 6) is -1.72. The van der Waals surface area contributed by atoms with Crippen LogP contribution in [-0.4, -0.2) is 53.9 Å². The summed E-state index contributed by atoms with van der Waals surface area (Å²) in [5.41, 5.74) is 5.53. The number of nitrogens with one attached hydrogen (secondary N) is 2. The van der Waals surface area contributed by atoms with Crippen LogP contribution >= 0.6 is 0 Å². The summed E-state index contributed by atoms with van der Waals surface area (Å²) < 4.78 is 0. The van der Waals surface area contributed by atoms with Gasteiger partial charge in [0.05, 0.1) is 24.1 Å². The van der Waals surface area contributed by atoms with Gasteiger partial charge in [0.25, 0.3) is 0 Å². The Bertz CT molecular complexity index is 445. The van der Waals surface area contributed by atoms with Gasteiger partial charge in [-0.15, -0.1) is 0 Å². The zero-order chi connectivity index (χ0) is 18.3. The Morgan fingerprint density at radius 1 is 1.29 bits per heavy atom. The lowest BCUT2D eigenvalue weighted by Crippen LogP contribution is -2.49. The van der Waals surface area contributed by atoms with E-state index in [1.807, 2.05) is 0 Å². The Morgan fingerprint density at radius 3 is 2.42 bits per heavy atom. The highest BCUT2D eigenvalue weighted by atomic mass is 16.3. The van der Waals surface area contributed by atoms with Gasteiger partial charge < -0.3 is 21.5 Å². The Balaban J connectivity index is 2.73. The number of hydrogen-bond acceptors (Lipinski definition) is 6. The average molecular weight is 341 g/mol. The summed E-state index contributed by atoms with van der Waals surface area (Å²) in [4.78, 5) is 37.0. The van der Waals surface area contributed by atoms with Crippen LogP contribution in [0.15, 0.2) is 0 Å². The van der Waals surface area contributed by atoms with Gasteiger partial charge in [-0.2, -0.15) is 0 Å². The second-order valence-corrected chi connectivity index (χ2v) is 6.86. The van der Waals surface area contributed by atoms with Gasteiger partial charge in [0, 0.05) is 12.3 Å². The number of carbonyl (C=O) groups is 3. The molecule has 1 aliphatic heterocycles. The van der Waals surface area contributed by atoms with Crippen molar-refractivity contribution in [2.24, 2.45) is 17.6 Å². The topological polar surface area (TPSA) is 122 Å². The maximum atomic E-state index is 12.5. The molecule has 1 aliphatic rings. The van der Waals surface area contributed by atoms with Crippen molar-refractivity contribution < 1.29 is 19.5 Å². The summed E-state index contributed by atoms with van der Waals surface area (Å²) in [6.07, 6.45) is 1.03. The second-order valence-electron chi connectivity index (χ2n) is 6.86. The molecule has 7 heteroatoms. The van der Waals surface area contributed by atoms with Gasteiger partial charge >= 0.3 is 0 Å². The fourth-order valence-electron chi connectivity index (χ4n) is 2.93. The van der Waals surface area contributed by atoms with Gasteiger partial charge in [-0.05, 0) is 39.3 Å². The monoisotopic (exact) mass is 341 g/mol. The largest absolute Gasteiger partial charge is 0.393 e. The first-order valence-electron chi connectivity index (χ1n) is 8.76. The molecule has 1 unspecified atom stereocenters. The minimum atomic E-state index is -0.969. The van der Waals surface area contributed by atoms with Crippen LogP contribution in [0.3, 0.4) is 0 Å². The van der Waals surface area contributed by atoms with E-state index >= 15 is 0 Å². The summed E-state index contributed by atoms with van der Waals surface area (Å²) >= 11 is 0. The molecule has 4 atom stereocenters. The highest BCUT2D eigenvalue weighted by molar-refractivity contribution is 5.93. The quantitative estimate of drug-likeness (QED) is 0.435. The Labute approximate surface area is 143 Å². The lowest BCUT2D eigenvalue weighted by atomic mass is 9.91. The van der Waals surface area contributed by atoms with E-state index in [2.05, 4.69) is 10.6 Å². The van der Waals surface area contributed by atoms with Crippen LogP contribution in [0.4, 0.5) is 0 Å². The van der Waals surface area contributed by atoms with E-state index in [9.17, 15) is 19.5 Å². The van der Waals surface area contributed by atoms with Crippen molar-refractivity contribution >= 4 is 17.5 Å². The van der Waals surface area contributed by atoms with Crippen molar-refractivity contribution in [1.82, 2.24) is 10.6 Å². The Morgan fingerprint density at radius 2 is 1.96 bits per heavy atom. The molecule has 0 aromatic carbocycles. The van der Waals surface area contributed by atoms with Crippen LogP contribution in [0.25, 0.3) is 0 Å².